The highest BCUT2D eigenvalue weighted by Crippen LogP contribution is 2.41. The summed E-state index contributed by atoms with van der Waals surface area (Å²) in [5.74, 6) is -1.05. The SMILES string of the molecule is CCOc1ccc(/C(O)=C2/C(=O)C(=O)N(Cc3cccs3)C2c2cccc(O)c2)cc1. The van der Waals surface area contributed by atoms with Crippen molar-refractivity contribution in [3.05, 3.63) is 87.6 Å². The molecular weight excluding hydrogens is 414 g/mol. The molecule has 7 heteroatoms. The van der Waals surface area contributed by atoms with Crippen LogP contribution in [0.4, 0.5) is 0 Å². The smallest absolute Gasteiger partial charge is 0.295 e. The molecule has 31 heavy (non-hydrogen) atoms. The second kappa shape index (κ2) is 8.65. The van der Waals surface area contributed by atoms with Crippen molar-refractivity contribution in [2.24, 2.45) is 0 Å². The number of likely N-dealkylation sites (tertiary alicyclic amines) is 1. The molecule has 2 heterocycles. The molecule has 3 aromatic rings. The number of aliphatic hydroxyl groups excluding tert-OH is 1. The zero-order chi connectivity index (χ0) is 22.0. The second-order valence-electron chi connectivity index (χ2n) is 7.06. The lowest BCUT2D eigenvalue weighted by Gasteiger charge is -2.25. The summed E-state index contributed by atoms with van der Waals surface area (Å²) in [7, 11) is 0. The first-order chi connectivity index (χ1) is 15.0. The summed E-state index contributed by atoms with van der Waals surface area (Å²) in [5, 5.41) is 22.9. The summed E-state index contributed by atoms with van der Waals surface area (Å²) in [6.45, 7) is 2.61. The van der Waals surface area contributed by atoms with E-state index in [0.29, 0.717) is 23.5 Å². The Hall–Kier alpha value is -3.58. The molecule has 1 atom stereocenters. The Morgan fingerprint density at radius 3 is 2.52 bits per heavy atom. The predicted molar refractivity (Wildman–Crippen MR) is 118 cm³/mol. The molecule has 0 saturated carbocycles. The summed E-state index contributed by atoms with van der Waals surface area (Å²) >= 11 is 1.48. The molecule has 1 aromatic heterocycles. The zero-order valence-electron chi connectivity index (χ0n) is 16.8. The first-order valence-electron chi connectivity index (χ1n) is 9.82. The van der Waals surface area contributed by atoms with Crippen LogP contribution in [0.1, 0.15) is 29.0 Å². The van der Waals surface area contributed by atoms with Crippen molar-refractivity contribution >= 4 is 28.8 Å². The number of hydrogen-bond donors (Lipinski definition) is 2. The lowest BCUT2D eigenvalue weighted by atomic mass is 9.95. The second-order valence-corrected chi connectivity index (χ2v) is 8.09. The molecule has 1 amide bonds. The number of phenols is 1. The van der Waals surface area contributed by atoms with Gasteiger partial charge in [0.15, 0.2) is 0 Å². The maximum atomic E-state index is 13.0. The van der Waals surface area contributed by atoms with E-state index in [-0.39, 0.29) is 23.6 Å². The van der Waals surface area contributed by atoms with Crippen LogP contribution >= 0.6 is 11.3 Å². The Kier molecular flexibility index (Phi) is 5.77. The molecule has 4 rings (SSSR count). The van der Waals surface area contributed by atoms with Gasteiger partial charge in [0, 0.05) is 10.4 Å². The molecule has 2 N–H and O–H groups in total. The maximum absolute atomic E-state index is 13.0. The van der Waals surface area contributed by atoms with Crippen molar-refractivity contribution in [1.82, 2.24) is 4.90 Å². The fourth-order valence-electron chi connectivity index (χ4n) is 3.69. The highest BCUT2D eigenvalue weighted by atomic mass is 32.1. The molecule has 1 fully saturated rings. The third-order valence-electron chi connectivity index (χ3n) is 5.07. The van der Waals surface area contributed by atoms with Gasteiger partial charge in [-0.1, -0.05) is 18.2 Å². The largest absolute Gasteiger partial charge is 0.508 e. The van der Waals surface area contributed by atoms with Crippen LogP contribution in [0.5, 0.6) is 11.5 Å². The lowest BCUT2D eigenvalue weighted by Crippen LogP contribution is -2.28. The summed E-state index contributed by atoms with van der Waals surface area (Å²) in [6.07, 6.45) is 0. The molecule has 158 valence electrons. The van der Waals surface area contributed by atoms with Crippen molar-refractivity contribution in [2.75, 3.05) is 6.61 Å². The number of rotatable bonds is 6. The molecule has 0 radical (unpaired) electrons. The van der Waals surface area contributed by atoms with Gasteiger partial charge in [0.2, 0.25) is 0 Å². The first-order valence-corrected chi connectivity index (χ1v) is 10.7. The Balaban J connectivity index is 1.82. The summed E-state index contributed by atoms with van der Waals surface area (Å²) in [5.41, 5.74) is 0.947. The molecule has 1 saturated heterocycles. The molecule has 1 aliphatic heterocycles. The van der Waals surface area contributed by atoms with E-state index >= 15 is 0 Å². The van der Waals surface area contributed by atoms with Crippen LogP contribution in [0.2, 0.25) is 0 Å². The van der Waals surface area contributed by atoms with E-state index in [2.05, 4.69) is 0 Å². The van der Waals surface area contributed by atoms with Crippen LogP contribution < -0.4 is 4.74 Å². The number of hydrogen-bond acceptors (Lipinski definition) is 6. The van der Waals surface area contributed by atoms with Gasteiger partial charge in [-0.3, -0.25) is 9.59 Å². The number of ketones is 1. The number of nitrogens with zero attached hydrogens (tertiary/aromatic N) is 1. The molecule has 0 spiro atoms. The van der Waals surface area contributed by atoms with Gasteiger partial charge < -0.3 is 19.8 Å². The minimum Gasteiger partial charge on any atom is -0.508 e. The van der Waals surface area contributed by atoms with Gasteiger partial charge >= 0.3 is 0 Å². The predicted octanol–water partition coefficient (Wildman–Crippen LogP) is 4.47. The average molecular weight is 436 g/mol. The fraction of sp³-hybridized carbons (Fsp3) is 0.167. The van der Waals surface area contributed by atoms with Crippen LogP contribution in [0.15, 0.2) is 71.6 Å². The summed E-state index contributed by atoms with van der Waals surface area (Å²) in [6, 6.07) is 16.0. The lowest BCUT2D eigenvalue weighted by molar-refractivity contribution is -0.140. The van der Waals surface area contributed by atoms with Crippen LogP contribution in [-0.2, 0) is 16.1 Å². The molecule has 6 nitrogen and oxygen atoms in total. The number of amides is 1. The van der Waals surface area contributed by atoms with E-state index in [1.54, 1.807) is 36.4 Å². The quantitative estimate of drug-likeness (QED) is 0.339. The van der Waals surface area contributed by atoms with Gasteiger partial charge in [-0.2, -0.15) is 0 Å². The number of phenolic OH excluding ortho intramolecular Hbond substituents is 1. The van der Waals surface area contributed by atoms with Crippen LogP contribution in [0.3, 0.4) is 0 Å². The van der Waals surface area contributed by atoms with Gasteiger partial charge in [0.05, 0.1) is 24.8 Å². The molecule has 0 aliphatic carbocycles. The molecule has 1 aliphatic rings. The molecule has 0 bridgehead atoms. The van der Waals surface area contributed by atoms with Gasteiger partial charge in [0.1, 0.15) is 17.3 Å². The van der Waals surface area contributed by atoms with Crippen LogP contribution in [0, 0.1) is 0 Å². The van der Waals surface area contributed by atoms with E-state index in [4.69, 9.17) is 4.74 Å². The minimum atomic E-state index is -0.819. The maximum Gasteiger partial charge on any atom is 0.295 e. The number of aliphatic hydroxyl groups is 1. The molecule has 2 aromatic carbocycles. The first kappa shape index (κ1) is 20.7. The highest BCUT2D eigenvalue weighted by Gasteiger charge is 2.46. The van der Waals surface area contributed by atoms with E-state index in [1.165, 1.54) is 28.4 Å². The summed E-state index contributed by atoms with van der Waals surface area (Å²) < 4.78 is 5.43. The van der Waals surface area contributed by atoms with Crippen molar-refractivity contribution in [3.63, 3.8) is 0 Å². The van der Waals surface area contributed by atoms with Crippen LogP contribution in [0.25, 0.3) is 5.76 Å². The monoisotopic (exact) mass is 435 g/mol. The summed E-state index contributed by atoms with van der Waals surface area (Å²) in [4.78, 5) is 28.3. The third kappa shape index (κ3) is 4.04. The Morgan fingerprint density at radius 2 is 1.87 bits per heavy atom. The van der Waals surface area contributed by atoms with Gasteiger partial charge in [-0.15, -0.1) is 11.3 Å². The van der Waals surface area contributed by atoms with Crippen molar-refractivity contribution in [3.8, 4) is 11.5 Å². The number of carbonyl (C=O) groups excluding carboxylic acids is 2. The van der Waals surface area contributed by atoms with Gasteiger partial charge in [-0.05, 0) is 60.3 Å². The van der Waals surface area contributed by atoms with Gasteiger partial charge in [-0.25, -0.2) is 0 Å². The Morgan fingerprint density at radius 1 is 1.10 bits per heavy atom. The number of Topliss-reactive ketones (excluding diaryl/α,β-unsaturated/α-hetero) is 1. The average Bonchev–Trinajstić information content (AvgIpc) is 3.36. The van der Waals surface area contributed by atoms with Crippen molar-refractivity contribution in [2.45, 2.75) is 19.5 Å². The van der Waals surface area contributed by atoms with Crippen molar-refractivity contribution < 1.29 is 24.5 Å². The van der Waals surface area contributed by atoms with E-state index in [1.807, 2.05) is 24.4 Å². The Labute approximate surface area is 183 Å². The fourth-order valence-corrected chi connectivity index (χ4v) is 4.39. The zero-order valence-corrected chi connectivity index (χ0v) is 17.6. The number of aromatic hydroxyl groups is 1. The van der Waals surface area contributed by atoms with E-state index in [0.717, 1.165) is 4.88 Å². The highest BCUT2D eigenvalue weighted by molar-refractivity contribution is 7.09. The topological polar surface area (TPSA) is 87.1 Å². The van der Waals surface area contributed by atoms with Crippen LogP contribution in [-0.4, -0.2) is 33.4 Å². The minimum absolute atomic E-state index is 0.00341. The number of benzene rings is 2. The Bertz CT molecular complexity index is 1140. The normalized spacial score (nSPS) is 17.8. The number of carbonyl (C=O) groups is 2. The van der Waals surface area contributed by atoms with E-state index in [9.17, 15) is 19.8 Å². The number of thiophene rings is 1. The third-order valence-corrected chi connectivity index (χ3v) is 5.93. The van der Waals surface area contributed by atoms with Gasteiger partial charge in [0.25, 0.3) is 11.7 Å². The number of ether oxygens (including phenoxy) is 1. The molecular formula is C24H21NO5S. The van der Waals surface area contributed by atoms with Crippen molar-refractivity contribution in [1.29, 1.82) is 0 Å². The standard InChI is InChI=1S/C24H21NO5S/c1-2-30-18-10-8-15(9-11-18)22(27)20-21(16-5-3-6-17(26)13-16)25(24(29)23(20)28)14-19-7-4-12-31-19/h3-13,21,26-27H,2,14H2,1H3/b22-20-. The molecule has 1 unspecified atom stereocenters. The van der Waals surface area contributed by atoms with E-state index < -0.39 is 17.7 Å².